The second-order valence-corrected chi connectivity index (χ2v) is 7.79. The number of nitrogens with zero attached hydrogens (tertiary/aromatic N) is 2. The van der Waals surface area contributed by atoms with Crippen LogP contribution in [-0.2, 0) is 10.6 Å². The van der Waals surface area contributed by atoms with E-state index >= 15 is 0 Å². The number of hydrogen-bond donors (Lipinski definition) is 1. The highest BCUT2D eigenvalue weighted by Crippen LogP contribution is 2.51. The molecule has 1 aliphatic heterocycles. The van der Waals surface area contributed by atoms with Crippen molar-refractivity contribution in [3.63, 3.8) is 0 Å². The summed E-state index contributed by atoms with van der Waals surface area (Å²) in [5, 5.41) is 5.20. The van der Waals surface area contributed by atoms with E-state index < -0.39 is 5.72 Å². The zero-order valence-electron chi connectivity index (χ0n) is 13.0. The molecule has 1 aromatic carbocycles. The van der Waals surface area contributed by atoms with Crippen molar-refractivity contribution in [3.8, 4) is 0 Å². The highest BCUT2D eigenvalue weighted by molar-refractivity contribution is 9.10. The van der Waals surface area contributed by atoms with Gasteiger partial charge >= 0.3 is 0 Å². The molecule has 0 amide bonds. The first-order chi connectivity index (χ1) is 9.80. The lowest BCUT2D eigenvalue weighted by Crippen LogP contribution is -2.46. The quantitative estimate of drug-likeness (QED) is 0.883. The molecule has 21 heavy (non-hydrogen) atoms. The number of hydrogen-bond acceptors (Lipinski definition) is 4. The van der Waals surface area contributed by atoms with Crippen molar-refractivity contribution in [2.75, 3.05) is 7.05 Å². The van der Waals surface area contributed by atoms with Crippen LogP contribution in [0.3, 0.4) is 0 Å². The highest BCUT2D eigenvalue weighted by Gasteiger charge is 2.53. The maximum Gasteiger partial charge on any atom is 0.221 e. The van der Waals surface area contributed by atoms with Crippen LogP contribution >= 0.6 is 15.9 Å². The largest absolute Gasteiger partial charge is 0.350 e. The summed E-state index contributed by atoms with van der Waals surface area (Å²) in [7, 11) is 1.92. The van der Waals surface area contributed by atoms with Gasteiger partial charge in [-0.1, -0.05) is 28.1 Å². The summed E-state index contributed by atoms with van der Waals surface area (Å²) in [4.78, 5) is 11.2. The third kappa shape index (κ3) is 2.94. The SMILES string of the molecule is CN1OC(c2ccc(Br)cc2)(C2CC2)N=C1NC(C)(C)C. The second kappa shape index (κ2) is 4.99. The number of rotatable bonds is 2. The van der Waals surface area contributed by atoms with E-state index in [9.17, 15) is 0 Å². The lowest BCUT2D eigenvalue weighted by molar-refractivity contribution is -0.184. The van der Waals surface area contributed by atoms with Crippen LogP contribution in [0.15, 0.2) is 33.7 Å². The maximum atomic E-state index is 6.21. The van der Waals surface area contributed by atoms with Gasteiger partial charge in [0, 0.05) is 28.5 Å². The van der Waals surface area contributed by atoms with Crippen molar-refractivity contribution < 1.29 is 4.84 Å². The van der Waals surface area contributed by atoms with Gasteiger partial charge in [-0.05, 0) is 45.7 Å². The van der Waals surface area contributed by atoms with Crippen LogP contribution in [0.2, 0.25) is 0 Å². The molecule has 1 unspecified atom stereocenters. The topological polar surface area (TPSA) is 36.9 Å². The third-order valence-electron chi connectivity index (χ3n) is 3.72. The summed E-state index contributed by atoms with van der Waals surface area (Å²) >= 11 is 3.49. The lowest BCUT2D eigenvalue weighted by atomic mass is 9.98. The Morgan fingerprint density at radius 3 is 2.43 bits per heavy atom. The molecule has 0 radical (unpaired) electrons. The number of aliphatic imine (C=N–C) groups is 1. The van der Waals surface area contributed by atoms with E-state index in [2.05, 4.69) is 54.2 Å². The molecule has 4 nitrogen and oxygen atoms in total. The smallest absolute Gasteiger partial charge is 0.221 e. The van der Waals surface area contributed by atoms with Crippen LogP contribution in [0.1, 0.15) is 39.2 Å². The van der Waals surface area contributed by atoms with E-state index in [4.69, 9.17) is 9.83 Å². The van der Waals surface area contributed by atoms with Crippen LogP contribution in [0.5, 0.6) is 0 Å². The Bertz CT molecular complexity index is 560. The van der Waals surface area contributed by atoms with Crippen LogP contribution < -0.4 is 5.32 Å². The fraction of sp³-hybridized carbons (Fsp3) is 0.562. The van der Waals surface area contributed by atoms with Crippen molar-refractivity contribution in [2.45, 2.75) is 44.9 Å². The molecular weight excluding hydrogens is 330 g/mol. The van der Waals surface area contributed by atoms with E-state index in [1.807, 2.05) is 19.2 Å². The second-order valence-electron chi connectivity index (χ2n) is 6.88. The van der Waals surface area contributed by atoms with E-state index in [-0.39, 0.29) is 5.54 Å². The number of halogens is 1. The Morgan fingerprint density at radius 1 is 1.29 bits per heavy atom. The van der Waals surface area contributed by atoms with E-state index in [0.29, 0.717) is 5.92 Å². The minimum Gasteiger partial charge on any atom is -0.350 e. The summed E-state index contributed by atoms with van der Waals surface area (Å²) < 4.78 is 1.07. The molecule has 3 rings (SSSR count). The van der Waals surface area contributed by atoms with E-state index in [0.717, 1.165) is 28.8 Å². The highest BCUT2D eigenvalue weighted by atomic mass is 79.9. The van der Waals surface area contributed by atoms with Crippen LogP contribution in [0.25, 0.3) is 0 Å². The van der Waals surface area contributed by atoms with Crippen molar-refractivity contribution in [3.05, 3.63) is 34.3 Å². The number of benzene rings is 1. The Labute approximate surface area is 134 Å². The first-order valence-electron chi connectivity index (χ1n) is 7.37. The molecule has 5 heteroatoms. The molecule has 1 heterocycles. The van der Waals surface area contributed by atoms with Gasteiger partial charge in [0.2, 0.25) is 11.7 Å². The molecule has 1 fully saturated rings. The summed E-state index contributed by atoms with van der Waals surface area (Å²) in [6.45, 7) is 6.38. The van der Waals surface area contributed by atoms with Gasteiger partial charge in [0.25, 0.3) is 0 Å². The van der Waals surface area contributed by atoms with Gasteiger partial charge in [0.15, 0.2) is 0 Å². The fourth-order valence-electron chi connectivity index (χ4n) is 2.62. The van der Waals surface area contributed by atoms with Crippen molar-refractivity contribution in [2.24, 2.45) is 10.9 Å². The lowest BCUT2D eigenvalue weighted by Gasteiger charge is -2.27. The van der Waals surface area contributed by atoms with Gasteiger partial charge in [-0.2, -0.15) is 0 Å². The Hall–Kier alpha value is -1.07. The average Bonchev–Trinajstić information content (AvgIpc) is 3.16. The average molecular weight is 352 g/mol. The Balaban J connectivity index is 1.97. The van der Waals surface area contributed by atoms with Gasteiger partial charge in [0.05, 0.1) is 0 Å². The normalized spacial score (nSPS) is 26.0. The molecule has 0 bridgehead atoms. The van der Waals surface area contributed by atoms with Gasteiger partial charge in [0.1, 0.15) is 0 Å². The molecule has 1 saturated carbocycles. The van der Waals surface area contributed by atoms with E-state index in [1.54, 1.807) is 5.06 Å². The number of hydroxylamine groups is 2. The van der Waals surface area contributed by atoms with Gasteiger partial charge in [-0.25, -0.2) is 14.9 Å². The summed E-state index contributed by atoms with van der Waals surface area (Å²) in [5.41, 5.74) is 0.504. The van der Waals surface area contributed by atoms with Gasteiger partial charge in [-0.15, -0.1) is 0 Å². The predicted octanol–water partition coefficient (Wildman–Crippen LogP) is 3.63. The van der Waals surface area contributed by atoms with Gasteiger partial charge < -0.3 is 5.32 Å². The van der Waals surface area contributed by atoms with Gasteiger partial charge in [-0.3, -0.25) is 0 Å². The summed E-state index contributed by atoms with van der Waals surface area (Å²) in [5.74, 6) is 1.26. The maximum absolute atomic E-state index is 6.21. The molecule has 114 valence electrons. The fourth-order valence-corrected chi connectivity index (χ4v) is 2.89. The van der Waals surface area contributed by atoms with Crippen molar-refractivity contribution in [1.82, 2.24) is 10.4 Å². The first kappa shape index (κ1) is 14.9. The Kier molecular flexibility index (Phi) is 3.53. The predicted molar refractivity (Wildman–Crippen MR) is 87.7 cm³/mol. The molecule has 1 aromatic rings. The van der Waals surface area contributed by atoms with Crippen molar-refractivity contribution in [1.29, 1.82) is 0 Å². The molecule has 2 aliphatic rings. The monoisotopic (exact) mass is 351 g/mol. The van der Waals surface area contributed by atoms with E-state index in [1.165, 1.54) is 0 Å². The standard InChI is InChI=1S/C16H22BrN3O/c1-15(2,3)18-14-19-16(11-5-6-11,21-20(14)4)12-7-9-13(17)10-8-12/h7-11H,5-6H2,1-4H3,(H,18,19). The summed E-state index contributed by atoms with van der Waals surface area (Å²) in [6.07, 6.45) is 2.33. The first-order valence-corrected chi connectivity index (χ1v) is 8.16. The molecule has 1 aliphatic carbocycles. The van der Waals surface area contributed by atoms with Crippen LogP contribution in [0.4, 0.5) is 0 Å². The molecular formula is C16H22BrN3O. The number of nitrogens with one attached hydrogen (secondary N) is 1. The van der Waals surface area contributed by atoms with Crippen molar-refractivity contribution >= 4 is 21.9 Å². The molecule has 0 aromatic heterocycles. The molecule has 1 N–H and O–H groups in total. The zero-order chi connectivity index (χ0) is 15.3. The molecule has 1 atom stereocenters. The minimum atomic E-state index is -0.566. The third-order valence-corrected chi connectivity index (χ3v) is 4.25. The van der Waals surface area contributed by atoms with Crippen LogP contribution in [-0.4, -0.2) is 23.6 Å². The Morgan fingerprint density at radius 2 is 1.90 bits per heavy atom. The summed E-state index contributed by atoms with van der Waals surface area (Å²) in [6, 6.07) is 8.29. The number of guanidine groups is 1. The van der Waals surface area contributed by atoms with Crippen LogP contribution in [0, 0.1) is 5.92 Å². The minimum absolute atomic E-state index is 0.0458. The molecule has 0 spiro atoms. The molecule has 0 saturated heterocycles. The zero-order valence-corrected chi connectivity index (χ0v) is 14.6.